The molecule has 0 bridgehead atoms. The molecule has 3 rings (SSSR count). The lowest BCUT2D eigenvalue weighted by Crippen LogP contribution is -2.03. The molecule has 0 saturated carbocycles. The number of ether oxygens (including phenoxy) is 1. The van der Waals surface area contributed by atoms with E-state index >= 15 is 0 Å². The van der Waals surface area contributed by atoms with Crippen molar-refractivity contribution in [2.75, 3.05) is 12.4 Å². The van der Waals surface area contributed by atoms with Crippen LogP contribution in [0, 0.1) is 27.7 Å². The van der Waals surface area contributed by atoms with E-state index in [9.17, 15) is 0 Å². The van der Waals surface area contributed by atoms with Gasteiger partial charge in [-0.25, -0.2) is 0 Å². The zero-order valence-electron chi connectivity index (χ0n) is 16.2. The molecule has 0 unspecified atom stereocenters. The monoisotopic (exact) mass is 346 g/mol. The van der Waals surface area contributed by atoms with E-state index in [1.54, 1.807) is 0 Å². The number of nitrogens with zero attached hydrogens (tertiary/aromatic N) is 1. The molecule has 0 spiro atoms. The fraction of sp³-hybridized carbons (Fsp3) is 0.261. The number of nitrogens with one attached hydrogen (secondary N) is 1. The molecule has 0 aliphatic rings. The fourth-order valence-corrected chi connectivity index (χ4v) is 3.25. The molecular formula is C23H26N2O. The Morgan fingerprint density at radius 1 is 0.885 bits per heavy atom. The minimum atomic E-state index is 0.549. The first kappa shape index (κ1) is 18.0. The van der Waals surface area contributed by atoms with Crippen molar-refractivity contribution in [1.82, 2.24) is 4.98 Å². The molecule has 3 nitrogen and oxygen atoms in total. The smallest absolute Gasteiger partial charge is 0.145 e. The Morgan fingerprint density at radius 3 is 2.38 bits per heavy atom. The van der Waals surface area contributed by atoms with Crippen LogP contribution in [0.5, 0.6) is 5.75 Å². The molecule has 0 atom stereocenters. The highest BCUT2D eigenvalue weighted by Gasteiger charge is 2.11. The van der Waals surface area contributed by atoms with E-state index in [2.05, 4.69) is 62.3 Å². The first-order valence-corrected chi connectivity index (χ1v) is 8.93. The van der Waals surface area contributed by atoms with Gasteiger partial charge >= 0.3 is 0 Å². The van der Waals surface area contributed by atoms with Gasteiger partial charge in [-0.1, -0.05) is 24.3 Å². The highest BCUT2D eigenvalue weighted by atomic mass is 16.5. The number of benzene rings is 2. The maximum Gasteiger partial charge on any atom is 0.145 e. The first-order valence-electron chi connectivity index (χ1n) is 8.93. The Kier molecular flexibility index (Phi) is 5.27. The van der Waals surface area contributed by atoms with Gasteiger partial charge in [-0.15, -0.1) is 0 Å². The van der Waals surface area contributed by atoms with E-state index < -0.39 is 0 Å². The van der Waals surface area contributed by atoms with Crippen LogP contribution in [0.3, 0.4) is 0 Å². The van der Waals surface area contributed by atoms with Crippen LogP contribution in [0.2, 0.25) is 0 Å². The molecule has 134 valence electrons. The lowest BCUT2D eigenvalue weighted by molar-refractivity contribution is 0.305. The molecule has 0 amide bonds. The van der Waals surface area contributed by atoms with Crippen molar-refractivity contribution in [1.29, 1.82) is 0 Å². The second kappa shape index (κ2) is 7.61. The third-order valence-electron chi connectivity index (χ3n) is 4.80. The number of anilines is 1. The summed E-state index contributed by atoms with van der Waals surface area (Å²) in [5.74, 6) is 0.914. The molecule has 3 heteroatoms. The Labute approximate surface area is 156 Å². The lowest BCUT2D eigenvalue weighted by atomic mass is 9.96. The minimum Gasteiger partial charge on any atom is -0.486 e. The van der Waals surface area contributed by atoms with Gasteiger partial charge in [-0.05, 0) is 73.7 Å². The maximum atomic E-state index is 6.17. The summed E-state index contributed by atoms with van der Waals surface area (Å²) in [6.07, 6.45) is 1.85. The van der Waals surface area contributed by atoms with E-state index in [0.717, 1.165) is 22.7 Å². The summed E-state index contributed by atoms with van der Waals surface area (Å²) in [6.45, 7) is 9.00. The summed E-state index contributed by atoms with van der Waals surface area (Å²) < 4.78 is 6.17. The molecule has 0 fully saturated rings. The van der Waals surface area contributed by atoms with Gasteiger partial charge < -0.3 is 10.1 Å². The molecule has 0 radical (unpaired) electrons. The summed E-state index contributed by atoms with van der Waals surface area (Å²) >= 11 is 0. The highest BCUT2D eigenvalue weighted by molar-refractivity contribution is 5.68. The second-order valence-corrected chi connectivity index (χ2v) is 6.75. The summed E-state index contributed by atoms with van der Waals surface area (Å²) in [5.41, 5.74) is 9.22. The van der Waals surface area contributed by atoms with Crippen LogP contribution in [-0.4, -0.2) is 12.0 Å². The number of pyridine rings is 1. The largest absolute Gasteiger partial charge is 0.486 e. The molecule has 1 N–H and O–H groups in total. The Bertz CT molecular complexity index is 931. The highest BCUT2D eigenvalue weighted by Crippen LogP contribution is 2.31. The van der Waals surface area contributed by atoms with E-state index in [1.165, 1.54) is 27.8 Å². The topological polar surface area (TPSA) is 34.1 Å². The van der Waals surface area contributed by atoms with Gasteiger partial charge in [0.05, 0.1) is 11.4 Å². The Morgan fingerprint density at radius 2 is 1.65 bits per heavy atom. The standard InChI is InChI=1S/C23H26N2O/c1-15-9-7-11-25-22(15)20-13-17(3)19(12-18(20)4)14-26-23-16(2)8-6-10-21(23)24-5/h6-13,24H,14H2,1-5H3. The van der Waals surface area contributed by atoms with Crippen molar-refractivity contribution in [2.45, 2.75) is 34.3 Å². The van der Waals surface area contributed by atoms with Crippen LogP contribution in [0.15, 0.2) is 48.7 Å². The first-order chi connectivity index (χ1) is 12.5. The van der Waals surface area contributed by atoms with Crippen molar-refractivity contribution in [3.63, 3.8) is 0 Å². The molecule has 26 heavy (non-hydrogen) atoms. The zero-order valence-corrected chi connectivity index (χ0v) is 16.2. The minimum absolute atomic E-state index is 0.549. The maximum absolute atomic E-state index is 6.17. The summed E-state index contributed by atoms with van der Waals surface area (Å²) in [5, 5.41) is 3.20. The van der Waals surface area contributed by atoms with Crippen LogP contribution in [-0.2, 0) is 6.61 Å². The van der Waals surface area contributed by atoms with Crippen molar-refractivity contribution in [3.05, 3.63) is 76.5 Å². The van der Waals surface area contributed by atoms with Gasteiger partial charge in [0.25, 0.3) is 0 Å². The average Bonchev–Trinajstić information content (AvgIpc) is 2.63. The summed E-state index contributed by atoms with van der Waals surface area (Å²) in [4.78, 5) is 4.57. The molecular weight excluding hydrogens is 320 g/mol. The quantitative estimate of drug-likeness (QED) is 0.652. The van der Waals surface area contributed by atoms with Crippen molar-refractivity contribution < 1.29 is 4.74 Å². The lowest BCUT2D eigenvalue weighted by Gasteiger charge is -2.17. The third kappa shape index (κ3) is 3.57. The van der Waals surface area contributed by atoms with E-state index in [0.29, 0.717) is 6.61 Å². The van der Waals surface area contributed by atoms with Crippen LogP contribution < -0.4 is 10.1 Å². The van der Waals surface area contributed by atoms with E-state index in [1.807, 2.05) is 31.4 Å². The molecule has 0 saturated heterocycles. The summed E-state index contributed by atoms with van der Waals surface area (Å²) in [7, 11) is 1.92. The molecule has 0 aliphatic carbocycles. The van der Waals surface area contributed by atoms with Gasteiger partial charge in [0.2, 0.25) is 0 Å². The average molecular weight is 346 g/mol. The third-order valence-corrected chi connectivity index (χ3v) is 4.80. The van der Waals surface area contributed by atoms with Gasteiger partial charge in [0.15, 0.2) is 0 Å². The van der Waals surface area contributed by atoms with Gasteiger partial charge in [0.1, 0.15) is 12.4 Å². The van der Waals surface area contributed by atoms with Crippen LogP contribution in [0.25, 0.3) is 11.3 Å². The molecule has 1 heterocycles. The Balaban J connectivity index is 1.89. The number of aryl methyl sites for hydroxylation is 4. The van der Waals surface area contributed by atoms with Gasteiger partial charge in [-0.3, -0.25) is 4.98 Å². The fourth-order valence-electron chi connectivity index (χ4n) is 3.25. The number of para-hydroxylation sites is 1. The number of aromatic nitrogens is 1. The van der Waals surface area contributed by atoms with Crippen molar-refractivity contribution >= 4 is 5.69 Å². The molecule has 2 aromatic carbocycles. The predicted molar refractivity (Wildman–Crippen MR) is 109 cm³/mol. The molecule has 1 aromatic heterocycles. The molecule has 0 aliphatic heterocycles. The van der Waals surface area contributed by atoms with Gasteiger partial charge in [0, 0.05) is 18.8 Å². The Hall–Kier alpha value is -2.81. The van der Waals surface area contributed by atoms with Crippen molar-refractivity contribution in [2.24, 2.45) is 0 Å². The molecule has 3 aromatic rings. The number of hydrogen-bond acceptors (Lipinski definition) is 3. The van der Waals surface area contributed by atoms with Crippen LogP contribution in [0.4, 0.5) is 5.69 Å². The zero-order chi connectivity index (χ0) is 18.7. The van der Waals surface area contributed by atoms with E-state index in [4.69, 9.17) is 4.74 Å². The predicted octanol–water partition coefficient (Wildman–Crippen LogP) is 5.60. The number of rotatable bonds is 5. The van der Waals surface area contributed by atoms with E-state index in [-0.39, 0.29) is 0 Å². The van der Waals surface area contributed by atoms with Crippen LogP contribution >= 0.6 is 0 Å². The van der Waals surface area contributed by atoms with Crippen LogP contribution in [0.1, 0.15) is 27.8 Å². The number of hydrogen-bond donors (Lipinski definition) is 1. The van der Waals surface area contributed by atoms with Gasteiger partial charge in [-0.2, -0.15) is 0 Å². The summed E-state index contributed by atoms with van der Waals surface area (Å²) in [6, 6.07) is 14.7. The normalized spacial score (nSPS) is 10.7. The van der Waals surface area contributed by atoms with Crippen molar-refractivity contribution in [3.8, 4) is 17.0 Å². The second-order valence-electron chi connectivity index (χ2n) is 6.75. The SMILES string of the molecule is CNc1cccc(C)c1OCc1cc(C)c(-c2ncccc2C)cc1C.